The molecule has 0 aliphatic carbocycles. The summed E-state index contributed by atoms with van der Waals surface area (Å²) in [6, 6.07) is 7.96. The van der Waals surface area contributed by atoms with Crippen LogP contribution in [0, 0.1) is 10.8 Å². The second-order valence-corrected chi connectivity index (χ2v) is 19.2. The first-order valence-corrected chi connectivity index (χ1v) is 17.7. The largest absolute Gasteiger partial charge is 0.543 e. The molecule has 0 saturated carbocycles. The molecule has 234 valence electrons. The Hall–Kier alpha value is -2.31. The highest BCUT2D eigenvalue weighted by Gasteiger charge is 2.82. The lowest BCUT2D eigenvalue weighted by Crippen LogP contribution is -2.74. The molecule has 3 fully saturated rings. The maximum atomic E-state index is 12.1. The van der Waals surface area contributed by atoms with Crippen molar-refractivity contribution in [2.45, 2.75) is 110 Å². The Morgan fingerprint density at radius 1 is 1.02 bits per heavy atom. The van der Waals surface area contributed by atoms with E-state index >= 15 is 0 Å². The molecule has 4 rings (SSSR count). The van der Waals surface area contributed by atoms with Crippen LogP contribution in [0.3, 0.4) is 0 Å². The Kier molecular flexibility index (Phi) is 8.78. The molecule has 0 radical (unpaired) electrons. The van der Waals surface area contributed by atoms with Crippen molar-refractivity contribution in [2.75, 3.05) is 19.8 Å². The van der Waals surface area contributed by atoms with Crippen molar-refractivity contribution < 1.29 is 42.9 Å². The van der Waals surface area contributed by atoms with E-state index in [4.69, 9.17) is 28.5 Å². The summed E-state index contributed by atoms with van der Waals surface area (Å²) in [7, 11) is -2.06. The van der Waals surface area contributed by atoms with Gasteiger partial charge < -0.3 is 18.7 Å². The maximum absolute atomic E-state index is 12.1. The third kappa shape index (κ3) is 5.54. The van der Waals surface area contributed by atoms with Crippen LogP contribution in [0.15, 0.2) is 24.3 Å². The first-order valence-electron chi connectivity index (χ1n) is 14.8. The van der Waals surface area contributed by atoms with Crippen LogP contribution in [-0.4, -0.2) is 56.6 Å². The zero-order valence-corrected chi connectivity index (χ0v) is 27.6. The Morgan fingerprint density at radius 2 is 1.69 bits per heavy atom. The zero-order valence-electron chi connectivity index (χ0n) is 26.6. The molecule has 0 aromatic heterocycles. The number of hydrogen-bond acceptors (Lipinski definition) is 9. The molecule has 2 atom stereocenters. The van der Waals surface area contributed by atoms with Crippen LogP contribution < -0.4 is 4.43 Å². The Balaban J connectivity index is 1.39. The molecule has 0 bridgehead atoms. The molecule has 11 heteroatoms. The highest BCUT2D eigenvalue weighted by atomic mass is 28.4. The molecule has 3 saturated heterocycles. The number of hydroxylamine groups is 2. The van der Waals surface area contributed by atoms with Crippen LogP contribution in [-0.2, 0) is 44.3 Å². The van der Waals surface area contributed by atoms with Gasteiger partial charge in [0, 0.05) is 42.3 Å². The number of fused-ring (bicyclic) bond motifs is 1. The van der Waals surface area contributed by atoms with E-state index in [2.05, 4.69) is 61.6 Å². The van der Waals surface area contributed by atoms with Gasteiger partial charge in [0.2, 0.25) is 8.32 Å². The van der Waals surface area contributed by atoms with Crippen LogP contribution in [0.1, 0.15) is 86.1 Å². The third-order valence-electron chi connectivity index (χ3n) is 9.26. The number of nitrogens with zero attached hydrogens (tertiary/aromatic N) is 1. The molecule has 0 spiro atoms. The van der Waals surface area contributed by atoms with Crippen molar-refractivity contribution in [3.05, 3.63) is 29.8 Å². The molecule has 2 unspecified atom stereocenters. The van der Waals surface area contributed by atoms with Gasteiger partial charge in [-0.15, -0.1) is 5.06 Å². The number of unbranched alkanes of at least 4 members (excludes halogenated alkanes) is 1. The van der Waals surface area contributed by atoms with Gasteiger partial charge in [0.1, 0.15) is 5.75 Å². The van der Waals surface area contributed by atoms with Gasteiger partial charge >= 0.3 is 5.97 Å². The normalized spacial score (nSPS) is 25.8. The topological polar surface area (TPSA) is 110 Å². The smallest absolute Gasteiger partial charge is 0.333 e. The summed E-state index contributed by atoms with van der Waals surface area (Å²) in [5.74, 6) is -1.90. The average molecular weight is 606 g/mol. The third-order valence-corrected chi connectivity index (χ3v) is 13.6. The van der Waals surface area contributed by atoms with Gasteiger partial charge in [0.25, 0.3) is 17.6 Å². The van der Waals surface area contributed by atoms with E-state index in [1.165, 1.54) is 0 Å². The van der Waals surface area contributed by atoms with Gasteiger partial charge in [-0.05, 0) is 43.1 Å². The fraction of sp³-hybridized carbons (Fsp3) is 0.710. The Bertz CT molecular complexity index is 1190. The second-order valence-electron chi connectivity index (χ2n) is 14.5. The van der Waals surface area contributed by atoms with E-state index in [1.807, 2.05) is 24.3 Å². The van der Waals surface area contributed by atoms with Crippen molar-refractivity contribution in [3.8, 4) is 5.75 Å². The van der Waals surface area contributed by atoms with E-state index in [-0.39, 0.29) is 24.3 Å². The number of carbonyl (C=O) groups excluding carboxylic acids is 3. The molecular formula is C31H47NO9Si. The molecule has 1 aromatic rings. The monoisotopic (exact) mass is 605 g/mol. The maximum Gasteiger partial charge on any atom is 0.333 e. The molecule has 3 aliphatic heterocycles. The molecule has 10 nitrogen and oxygen atoms in total. The summed E-state index contributed by atoms with van der Waals surface area (Å²) in [5, 5.41) is 0.632. The fourth-order valence-corrected chi connectivity index (χ4v) is 7.02. The number of amides is 2. The molecule has 3 aliphatic rings. The van der Waals surface area contributed by atoms with Crippen LogP contribution in [0.2, 0.25) is 18.1 Å². The highest BCUT2D eigenvalue weighted by molar-refractivity contribution is 6.74. The summed E-state index contributed by atoms with van der Waals surface area (Å²) in [6.45, 7) is 20.7. The van der Waals surface area contributed by atoms with Crippen molar-refractivity contribution >= 4 is 26.1 Å². The second kappa shape index (κ2) is 11.3. The fourth-order valence-electron chi connectivity index (χ4n) is 6.00. The van der Waals surface area contributed by atoms with Crippen LogP contribution in [0.5, 0.6) is 5.75 Å². The predicted octanol–water partition coefficient (Wildman–Crippen LogP) is 5.80. The minimum Gasteiger partial charge on any atom is -0.543 e. The lowest BCUT2D eigenvalue weighted by atomic mass is 9.57. The van der Waals surface area contributed by atoms with Crippen LogP contribution in [0.25, 0.3) is 0 Å². The van der Waals surface area contributed by atoms with Gasteiger partial charge in [-0.25, -0.2) is 9.68 Å². The summed E-state index contributed by atoms with van der Waals surface area (Å²) in [5.41, 5.74) is -0.933. The standard InChI is InChI=1S/C31H47NO9Si/c1-27(2,3)42(8,9)39-23-14-12-13-22(19-23)30-31(41-40-30,29(6,7)21-37-30)28(4,5)20-36-18-11-10-15-26(35)38-32-24(33)16-17-25(32)34/h12-14,19H,10-11,15-18,20-21H2,1-9H3. The number of rotatable bonds is 12. The lowest BCUT2D eigenvalue weighted by Gasteiger charge is -2.61. The Labute approximate surface area is 250 Å². The van der Waals surface area contributed by atoms with Gasteiger partial charge in [-0.1, -0.05) is 60.6 Å². The summed E-state index contributed by atoms with van der Waals surface area (Å²) >= 11 is 0. The SMILES string of the molecule is CC(C)(COCCCCC(=O)ON1C(=O)CCC1=O)C12OOC1(c1cccc(O[Si](C)(C)C(C)(C)C)c1)OCC2(C)C. The van der Waals surface area contributed by atoms with Crippen molar-refractivity contribution in [2.24, 2.45) is 10.8 Å². The molecule has 0 N–H and O–H groups in total. The minimum atomic E-state index is -2.06. The van der Waals surface area contributed by atoms with Crippen molar-refractivity contribution in [1.82, 2.24) is 5.06 Å². The van der Waals surface area contributed by atoms with Gasteiger partial charge in [-0.3, -0.25) is 9.59 Å². The molecular weight excluding hydrogens is 558 g/mol. The average Bonchev–Trinajstić information content (AvgIpc) is 3.25. The summed E-state index contributed by atoms with van der Waals surface area (Å²) < 4.78 is 19.2. The molecule has 2 amide bonds. The first kappa shape index (κ1) is 32.6. The molecule has 3 heterocycles. The number of carbonyl (C=O) groups is 3. The quantitative estimate of drug-likeness (QED) is 0.126. The van der Waals surface area contributed by atoms with E-state index in [1.54, 1.807) is 0 Å². The number of ether oxygens (including phenoxy) is 2. The first-order chi connectivity index (χ1) is 19.4. The summed E-state index contributed by atoms with van der Waals surface area (Å²) in [4.78, 5) is 52.3. The van der Waals surface area contributed by atoms with E-state index in [0.29, 0.717) is 37.7 Å². The minimum absolute atomic E-state index is 0.0542. The van der Waals surface area contributed by atoms with E-state index in [9.17, 15) is 14.4 Å². The van der Waals surface area contributed by atoms with Gasteiger partial charge in [-0.2, -0.15) is 4.89 Å². The molecule has 1 aromatic carbocycles. The van der Waals surface area contributed by atoms with Crippen molar-refractivity contribution in [3.63, 3.8) is 0 Å². The van der Waals surface area contributed by atoms with Crippen LogP contribution in [0.4, 0.5) is 0 Å². The number of imide groups is 1. The van der Waals surface area contributed by atoms with Gasteiger partial charge in [0.05, 0.1) is 13.2 Å². The summed E-state index contributed by atoms with van der Waals surface area (Å²) in [6.07, 6.45) is 1.34. The number of benzene rings is 1. The van der Waals surface area contributed by atoms with E-state index in [0.717, 1.165) is 11.3 Å². The van der Waals surface area contributed by atoms with E-state index < -0.39 is 48.3 Å². The molecule has 42 heavy (non-hydrogen) atoms. The van der Waals surface area contributed by atoms with Crippen molar-refractivity contribution in [1.29, 1.82) is 0 Å². The zero-order chi connectivity index (χ0) is 31.2. The lowest BCUT2D eigenvalue weighted by molar-refractivity contribution is -0.628. The van der Waals surface area contributed by atoms with Crippen LogP contribution >= 0.6 is 0 Å². The predicted molar refractivity (Wildman–Crippen MR) is 156 cm³/mol. The number of hydrogen-bond donors (Lipinski definition) is 0. The Morgan fingerprint density at radius 3 is 2.29 bits per heavy atom. The highest BCUT2D eigenvalue weighted by Crippen LogP contribution is 2.69. The van der Waals surface area contributed by atoms with Gasteiger partial charge in [0.15, 0.2) is 5.60 Å².